The molecule has 2 fully saturated rings. The van der Waals surface area contributed by atoms with Crippen molar-refractivity contribution in [2.75, 3.05) is 38.2 Å². The topological polar surface area (TPSA) is 107 Å². The van der Waals surface area contributed by atoms with Crippen LogP contribution in [0.3, 0.4) is 0 Å². The number of hydrogen-bond donors (Lipinski definition) is 2. The zero-order valence-electron chi connectivity index (χ0n) is 18.8. The van der Waals surface area contributed by atoms with Gasteiger partial charge < -0.3 is 24.7 Å². The minimum Gasteiger partial charge on any atom is -0.496 e. The Morgan fingerprint density at radius 1 is 1.00 bits per heavy atom. The van der Waals surface area contributed by atoms with Crippen molar-refractivity contribution in [2.45, 2.75) is 31.6 Å². The van der Waals surface area contributed by atoms with E-state index in [1.807, 2.05) is 23.1 Å². The fourth-order valence-corrected chi connectivity index (χ4v) is 4.28. The summed E-state index contributed by atoms with van der Waals surface area (Å²) in [4.78, 5) is 35.0. The molecule has 2 heterocycles. The first kappa shape index (κ1) is 24.3. The van der Waals surface area contributed by atoms with E-state index in [9.17, 15) is 4.79 Å². The molecular formula is C25H30N2O6. The van der Waals surface area contributed by atoms with Gasteiger partial charge in [0.1, 0.15) is 5.75 Å². The highest BCUT2D eigenvalue weighted by atomic mass is 16.5. The standard InChI is InChI=1S/C23H28N2O2.C2H2O4/c1-27-22-11-5-3-9-20(22)19-16-24(17-19)15-13-18-8-2-4-10-21(18)25-14-7-6-12-23(25)26;3-1(4)2(5)6/h2-5,8-11,19H,6-7,12-17H2,1H3;(H,3,4)(H,5,6). The molecule has 0 aromatic heterocycles. The lowest BCUT2D eigenvalue weighted by atomic mass is 9.90. The highest BCUT2D eigenvalue weighted by Gasteiger charge is 2.30. The highest BCUT2D eigenvalue weighted by Crippen LogP contribution is 2.33. The van der Waals surface area contributed by atoms with Crippen molar-refractivity contribution in [3.8, 4) is 5.75 Å². The molecular weight excluding hydrogens is 424 g/mol. The van der Waals surface area contributed by atoms with Crippen molar-refractivity contribution in [1.29, 1.82) is 0 Å². The highest BCUT2D eigenvalue weighted by molar-refractivity contribution is 6.27. The minimum absolute atomic E-state index is 0.272. The number of amides is 1. The first-order valence-corrected chi connectivity index (χ1v) is 11.1. The number of aliphatic carboxylic acids is 2. The van der Waals surface area contributed by atoms with E-state index in [1.54, 1.807) is 7.11 Å². The monoisotopic (exact) mass is 454 g/mol. The molecule has 0 unspecified atom stereocenters. The number of methoxy groups -OCH3 is 1. The van der Waals surface area contributed by atoms with E-state index in [2.05, 4.69) is 35.2 Å². The van der Waals surface area contributed by atoms with Gasteiger partial charge in [0, 0.05) is 44.2 Å². The molecule has 1 amide bonds. The number of para-hydroxylation sites is 2. The number of anilines is 1. The number of carboxylic acids is 2. The Morgan fingerprint density at radius 3 is 2.33 bits per heavy atom. The van der Waals surface area contributed by atoms with Crippen molar-refractivity contribution < 1.29 is 29.3 Å². The van der Waals surface area contributed by atoms with E-state index in [-0.39, 0.29) is 5.91 Å². The minimum atomic E-state index is -1.82. The Kier molecular flexibility index (Phi) is 8.43. The van der Waals surface area contributed by atoms with Gasteiger partial charge in [0.05, 0.1) is 7.11 Å². The third-order valence-electron chi connectivity index (χ3n) is 6.02. The summed E-state index contributed by atoms with van der Waals surface area (Å²) in [5.74, 6) is -1.82. The average Bonchev–Trinajstić information content (AvgIpc) is 2.79. The van der Waals surface area contributed by atoms with Gasteiger partial charge in [-0.15, -0.1) is 0 Å². The molecule has 4 rings (SSSR count). The summed E-state index contributed by atoms with van der Waals surface area (Å²) < 4.78 is 5.50. The second-order valence-electron chi connectivity index (χ2n) is 8.19. The number of nitrogens with zero attached hydrogens (tertiary/aromatic N) is 2. The van der Waals surface area contributed by atoms with Gasteiger partial charge in [0.15, 0.2) is 0 Å². The van der Waals surface area contributed by atoms with Gasteiger partial charge >= 0.3 is 11.9 Å². The summed E-state index contributed by atoms with van der Waals surface area (Å²) in [7, 11) is 1.74. The molecule has 0 bridgehead atoms. The van der Waals surface area contributed by atoms with E-state index >= 15 is 0 Å². The van der Waals surface area contributed by atoms with Crippen LogP contribution in [-0.4, -0.2) is 66.2 Å². The van der Waals surface area contributed by atoms with Crippen LogP contribution in [-0.2, 0) is 20.8 Å². The number of hydrogen-bond acceptors (Lipinski definition) is 5. The van der Waals surface area contributed by atoms with Crippen LogP contribution in [0, 0.1) is 0 Å². The number of carboxylic acid groups (broad SMARTS) is 2. The Labute approximate surface area is 193 Å². The molecule has 2 aromatic carbocycles. The van der Waals surface area contributed by atoms with Crippen LogP contribution < -0.4 is 9.64 Å². The summed E-state index contributed by atoms with van der Waals surface area (Å²) in [6, 6.07) is 16.7. The fourth-order valence-electron chi connectivity index (χ4n) is 4.28. The summed E-state index contributed by atoms with van der Waals surface area (Å²) in [5.41, 5.74) is 3.72. The normalized spacial score (nSPS) is 16.4. The summed E-state index contributed by atoms with van der Waals surface area (Å²) >= 11 is 0. The summed E-state index contributed by atoms with van der Waals surface area (Å²) in [5, 5.41) is 14.8. The average molecular weight is 455 g/mol. The third-order valence-corrected chi connectivity index (χ3v) is 6.02. The predicted molar refractivity (Wildman–Crippen MR) is 124 cm³/mol. The number of likely N-dealkylation sites (tertiary alicyclic amines) is 1. The van der Waals surface area contributed by atoms with E-state index in [0.29, 0.717) is 12.3 Å². The molecule has 0 atom stereocenters. The van der Waals surface area contributed by atoms with Gasteiger partial charge in [0.2, 0.25) is 5.91 Å². The SMILES string of the molecule is COc1ccccc1C1CN(CCc2ccccc2N2CCCCC2=O)C1.O=C(O)C(=O)O. The zero-order chi connectivity index (χ0) is 23.8. The molecule has 0 saturated carbocycles. The van der Waals surface area contributed by atoms with Gasteiger partial charge in [-0.2, -0.15) is 0 Å². The second-order valence-corrected chi connectivity index (χ2v) is 8.19. The molecule has 2 aliphatic rings. The number of rotatable bonds is 6. The Morgan fingerprint density at radius 2 is 1.67 bits per heavy atom. The first-order valence-electron chi connectivity index (χ1n) is 11.1. The maximum absolute atomic E-state index is 12.3. The Hall–Kier alpha value is -3.39. The summed E-state index contributed by atoms with van der Waals surface area (Å²) in [6.07, 6.45) is 3.79. The van der Waals surface area contributed by atoms with E-state index in [4.69, 9.17) is 24.5 Å². The second kappa shape index (κ2) is 11.5. The molecule has 0 radical (unpaired) electrons. The van der Waals surface area contributed by atoms with E-state index in [0.717, 1.165) is 56.9 Å². The van der Waals surface area contributed by atoms with Crippen LogP contribution in [0.15, 0.2) is 48.5 Å². The number of ether oxygens (including phenoxy) is 1. The number of carbonyl (C=O) groups excluding carboxylic acids is 1. The Balaban J connectivity index is 0.000000454. The van der Waals surface area contributed by atoms with Crippen LogP contribution in [0.2, 0.25) is 0 Å². The molecule has 8 nitrogen and oxygen atoms in total. The third kappa shape index (κ3) is 6.32. The smallest absolute Gasteiger partial charge is 0.414 e. The largest absolute Gasteiger partial charge is 0.496 e. The maximum Gasteiger partial charge on any atom is 0.414 e. The lowest BCUT2D eigenvalue weighted by Crippen LogP contribution is -2.46. The predicted octanol–water partition coefficient (Wildman–Crippen LogP) is 3.01. The molecule has 2 saturated heterocycles. The molecule has 0 spiro atoms. The molecule has 176 valence electrons. The lowest BCUT2D eigenvalue weighted by Gasteiger charge is -2.40. The van der Waals surface area contributed by atoms with Crippen molar-refractivity contribution in [3.05, 3.63) is 59.7 Å². The van der Waals surface area contributed by atoms with Gasteiger partial charge in [-0.3, -0.25) is 4.79 Å². The molecule has 2 N–H and O–H groups in total. The fraction of sp³-hybridized carbons (Fsp3) is 0.400. The van der Waals surface area contributed by atoms with Crippen molar-refractivity contribution in [2.24, 2.45) is 0 Å². The molecule has 2 aromatic rings. The van der Waals surface area contributed by atoms with Crippen molar-refractivity contribution in [3.63, 3.8) is 0 Å². The van der Waals surface area contributed by atoms with Gasteiger partial charge in [-0.25, -0.2) is 9.59 Å². The molecule has 2 aliphatic heterocycles. The quantitative estimate of drug-likeness (QED) is 0.646. The van der Waals surface area contributed by atoms with Crippen LogP contribution in [0.4, 0.5) is 5.69 Å². The number of carbonyl (C=O) groups is 3. The zero-order valence-corrected chi connectivity index (χ0v) is 18.8. The molecule has 33 heavy (non-hydrogen) atoms. The maximum atomic E-state index is 12.3. The Bertz CT molecular complexity index is 974. The number of benzene rings is 2. The molecule has 0 aliphatic carbocycles. The molecule has 8 heteroatoms. The van der Waals surface area contributed by atoms with Gasteiger partial charge in [0.25, 0.3) is 0 Å². The van der Waals surface area contributed by atoms with Crippen molar-refractivity contribution >= 4 is 23.5 Å². The van der Waals surface area contributed by atoms with Crippen molar-refractivity contribution in [1.82, 2.24) is 4.90 Å². The van der Waals surface area contributed by atoms with Crippen LogP contribution in [0.1, 0.15) is 36.3 Å². The van der Waals surface area contributed by atoms with E-state index in [1.165, 1.54) is 11.1 Å². The first-order chi connectivity index (χ1) is 15.9. The number of piperidine rings is 1. The van der Waals surface area contributed by atoms with Gasteiger partial charge in [-0.1, -0.05) is 36.4 Å². The van der Waals surface area contributed by atoms with Crippen LogP contribution >= 0.6 is 0 Å². The summed E-state index contributed by atoms with van der Waals surface area (Å²) in [6.45, 7) is 4.04. The van der Waals surface area contributed by atoms with Gasteiger partial charge in [-0.05, 0) is 42.5 Å². The lowest BCUT2D eigenvalue weighted by molar-refractivity contribution is -0.159. The van der Waals surface area contributed by atoms with E-state index < -0.39 is 11.9 Å². The van der Waals surface area contributed by atoms with Crippen LogP contribution in [0.25, 0.3) is 0 Å². The van der Waals surface area contributed by atoms with Crippen LogP contribution in [0.5, 0.6) is 5.75 Å².